The predicted molar refractivity (Wildman–Crippen MR) is 77.8 cm³/mol. The molecule has 3 rings (SSSR count). The standard InChI is InChI=1S/C16H16N2O2/c1-19-15-7-12-6-14(11-4-3-5-17-9-11)18-10-13(12)8-16(15)20-2/h3-5,7-10,14H,6H2,1-2H3. The lowest BCUT2D eigenvalue weighted by atomic mass is 9.94. The minimum Gasteiger partial charge on any atom is -0.493 e. The monoisotopic (exact) mass is 268 g/mol. The molecule has 2 heterocycles. The first-order valence-electron chi connectivity index (χ1n) is 6.50. The second kappa shape index (κ2) is 5.33. The SMILES string of the molecule is COc1cc2c(cc1OC)CC(c1cccnc1)N=C2. The lowest BCUT2D eigenvalue weighted by molar-refractivity contribution is 0.354. The average Bonchev–Trinajstić information content (AvgIpc) is 2.53. The highest BCUT2D eigenvalue weighted by atomic mass is 16.5. The highest BCUT2D eigenvalue weighted by Crippen LogP contribution is 2.34. The third kappa shape index (κ3) is 2.25. The maximum atomic E-state index is 5.36. The van der Waals surface area contributed by atoms with Crippen LogP contribution in [0.25, 0.3) is 0 Å². The summed E-state index contributed by atoms with van der Waals surface area (Å²) in [6.07, 6.45) is 6.39. The Morgan fingerprint density at radius 3 is 2.65 bits per heavy atom. The summed E-state index contributed by atoms with van der Waals surface area (Å²) in [5.41, 5.74) is 3.43. The van der Waals surface area contributed by atoms with Gasteiger partial charge in [0, 0.05) is 18.6 Å². The van der Waals surface area contributed by atoms with Gasteiger partial charge >= 0.3 is 0 Å². The zero-order valence-corrected chi connectivity index (χ0v) is 11.5. The number of pyridine rings is 1. The van der Waals surface area contributed by atoms with E-state index in [9.17, 15) is 0 Å². The molecular formula is C16H16N2O2. The first-order valence-corrected chi connectivity index (χ1v) is 6.50. The van der Waals surface area contributed by atoms with Crippen LogP contribution in [0, 0.1) is 0 Å². The van der Waals surface area contributed by atoms with Crippen LogP contribution in [-0.4, -0.2) is 25.4 Å². The van der Waals surface area contributed by atoms with Crippen LogP contribution in [0.2, 0.25) is 0 Å². The summed E-state index contributed by atoms with van der Waals surface area (Å²) in [4.78, 5) is 8.77. The van der Waals surface area contributed by atoms with Gasteiger partial charge in [-0.1, -0.05) is 6.07 Å². The summed E-state index contributed by atoms with van der Waals surface area (Å²) >= 11 is 0. The molecule has 0 amide bonds. The van der Waals surface area contributed by atoms with E-state index in [1.807, 2.05) is 30.6 Å². The Morgan fingerprint density at radius 1 is 1.15 bits per heavy atom. The maximum Gasteiger partial charge on any atom is 0.161 e. The van der Waals surface area contributed by atoms with Crippen molar-refractivity contribution in [1.29, 1.82) is 0 Å². The lowest BCUT2D eigenvalue weighted by Crippen LogP contribution is -2.09. The average molecular weight is 268 g/mol. The zero-order chi connectivity index (χ0) is 13.9. The molecule has 0 saturated carbocycles. The van der Waals surface area contributed by atoms with E-state index >= 15 is 0 Å². The minimum atomic E-state index is 0.120. The van der Waals surface area contributed by atoms with E-state index < -0.39 is 0 Å². The van der Waals surface area contributed by atoms with Crippen LogP contribution in [0.15, 0.2) is 41.7 Å². The number of hydrogen-bond donors (Lipinski definition) is 0. The first kappa shape index (κ1) is 12.7. The summed E-state index contributed by atoms with van der Waals surface area (Å²) < 4.78 is 10.7. The van der Waals surface area contributed by atoms with Crippen LogP contribution >= 0.6 is 0 Å². The van der Waals surface area contributed by atoms with Crippen LogP contribution in [0.1, 0.15) is 22.7 Å². The van der Waals surface area contributed by atoms with E-state index in [-0.39, 0.29) is 6.04 Å². The summed E-state index contributed by atoms with van der Waals surface area (Å²) in [7, 11) is 3.29. The van der Waals surface area contributed by atoms with Crippen molar-refractivity contribution in [3.8, 4) is 11.5 Å². The van der Waals surface area contributed by atoms with E-state index in [0.29, 0.717) is 0 Å². The van der Waals surface area contributed by atoms with Crippen LogP contribution < -0.4 is 9.47 Å². The highest BCUT2D eigenvalue weighted by Gasteiger charge is 2.19. The normalized spacial score (nSPS) is 16.6. The number of fused-ring (bicyclic) bond motifs is 1. The minimum absolute atomic E-state index is 0.120. The van der Waals surface area contributed by atoms with Gasteiger partial charge in [-0.05, 0) is 41.3 Å². The maximum absolute atomic E-state index is 5.36. The molecule has 0 fully saturated rings. The predicted octanol–water partition coefficient (Wildman–Crippen LogP) is 2.82. The van der Waals surface area contributed by atoms with E-state index in [4.69, 9.17) is 9.47 Å². The smallest absolute Gasteiger partial charge is 0.161 e. The lowest BCUT2D eigenvalue weighted by Gasteiger charge is -2.20. The first-order chi connectivity index (χ1) is 9.81. The van der Waals surface area contributed by atoms with Crippen LogP contribution in [0.5, 0.6) is 11.5 Å². The van der Waals surface area contributed by atoms with Gasteiger partial charge in [0.2, 0.25) is 0 Å². The van der Waals surface area contributed by atoms with Gasteiger partial charge in [0.1, 0.15) is 0 Å². The topological polar surface area (TPSA) is 43.7 Å². The molecule has 0 N–H and O–H groups in total. The number of ether oxygens (including phenoxy) is 2. The molecule has 0 saturated heterocycles. The molecule has 0 radical (unpaired) electrons. The van der Waals surface area contributed by atoms with Gasteiger partial charge in [-0.2, -0.15) is 0 Å². The van der Waals surface area contributed by atoms with E-state index in [2.05, 4.69) is 16.0 Å². The molecule has 102 valence electrons. The van der Waals surface area contributed by atoms with Crippen molar-refractivity contribution >= 4 is 6.21 Å². The Kier molecular flexibility index (Phi) is 3.37. The third-order valence-corrected chi connectivity index (χ3v) is 3.52. The van der Waals surface area contributed by atoms with Crippen LogP contribution in [0.3, 0.4) is 0 Å². The molecular weight excluding hydrogens is 252 g/mol. The van der Waals surface area contributed by atoms with Gasteiger partial charge < -0.3 is 9.47 Å². The number of rotatable bonds is 3. The Morgan fingerprint density at radius 2 is 1.95 bits per heavy atom. The van der Waals surface area contributed by atoms with Crippen molar-refractivity contribution in [1.82, 2.24) is 4.98 Å². The quantitative estimate of drug-likeness (QED) is 0.859. The summed E-state index contributed by atoms with van der Waals surface area (Å²) in [6, 6.07) is 8.12. The van der Waals surface area contributed by atoms with E-state index in [0.717, 1.165) is 29.0 Å². The number of benzene rings is 1. The third-order valence-electron chi connectivity index (χ3n) is 3.52. The molecule has 0 aliphatic carbocycles. The molecule has 0 bridgehead atoms. The molecule has 1 aliphatic heterocycles. The molecule has 1 aliphatic rings. The summed E-state index contributed by atoms with van der Waals surface area (Å²) in [5, 5.41) is 0. The zero-order valence-electron chi connectivity index (χ0n) is 11.5. The molecule has 0 spiro atoms. The number of nitrogens with zero attached hydrogens (tertiary/aromatic N) is 2. The molecule has 1 unspecified atom stereocenters. The second-order valence-electron chi connectivity index (χ2n) is 4.69. The number of hydrogen-bond acceptors (Lipinski definition) is 4. The summed E-state index contributed by atoms with van der Waals surface area (Å²) in [6.45, 7) is 0. The van der Waals surface area contributed by atoms with Crippen LogP contribution in [0.4, 0.5) is 0 Å². The Balaban J connectivity index is 1.96. The highest BCUT2D eigenvalue weighted by molar-refractivity contribution is 5.84. The molecule has 1 atom stereocenters. The molecule has 1 aromatic carbocycles. The second-order valence-corrected chi connectivity index (χ2v) is 4.69. The van der Waals surface area contributed by atoms with E-state index in [1.54, 1.807) is 20.4 Å². The Labute approximate surface area is 118 Å². The molecule has 4 nitrogen and oxygen atoms in total. The Bertz CT molecular complexity index is 638. The van der Waals surface area contributed by atoms with Crippen molar-refractivity contribution < 1.29 is 9.47 Å². The van der Waals surface area contributed by atoms with Crippen molar-refractivity contribution in [2.75, 3.05) is 14.2 Å². The molecule has 1 aromatic heterocycles. The number of aromatic nitrogens is 1. The number of aliphatic imine (C=N–C) groups is 1. The van der Waals surface area contributed by atoms with E-state index in [1.165, 1.54) is 5.56 Å². The number of methoxy groups -OCH3 is 2. The van der Waals surface area contributed by atoms with Gasteiger partial charge in [0.25, 0.3) is 0 Å². The largest absolute Gasteiger partial charge is 0.493 e. The molecule has 20 heavy (non-hydrogen) atoms. The molecule has 2 aromatic rings. The fraction of sp³-hybridized carbons (Fsp3) is 0.250. The fourth-order valence-corrected chi connectivity index (χ4v) is 2.44. The van der Waals surface area contributed by atoms with Gasteiger partial charge in [-0.3, -0.25) is 9.98 Å². The van der Waals surface area contributed by atoms with Gasteiger partial charge in [0.05, 0.1) is 20.3 Å². The Hall–Kier alpha value is -2.36. The van der Waals surface area contributed by atoms with Gasteiger partial charge in [0.15, 0.2) is 11.5 Å². The van der Waals surface area contributed by atoms with Crippen molar-refractivity contribution in [2.45, 2.75) is 12.5 Å². The van der Waals surface area contributed by atoms with Crippen molar-refractivity contribution in [2.24, 2.45) is 4.99 Å². The fourth-order valence-electron chi connectivity index (χ4n) is 2.44. The van der Waals surface area contributed by atoms with Crippen molar-refractivity contribution in [3.63, 3.8) is 0 Å². The molecule has 4 heteroatoms. The van der Waals surface area contributed by atoms with Crippen molar-refractivity contribution in [3.05, 3.63) is 53.3 Å². The summed E-state index contributed by atoms with van der Waals surface area (Å²) in [5.74, 6) is 1.49. The van der Waals surface area contributed by atoms with Gasteiger partial charge in [-0.25, -0.2) is 0 Å². The van der Waals surface area contributed by atoms with Gasteiger partial charge in [-0.15, -0.1) is 0 Å². The van der Waals surface area contributed by atoms with Crippen LogP contribution in [-0.2, 0) is 6.42 Å².